The van der Waals surface area contributed by atoms with Crippen molar-refractivity contribution in [3.63, 3.8) is 0 Å². The van der Waals surface area contributed by atoms with E-state index >= 15 is 0 Å². The highest BCUT2D eigenvalue weighted by Crippen LogP contribution is 2.20. The van der Waals surface area contributed by atoms with E-state index in [9.17, 15) is 8.42 Å². The molecular formula is C13H15BrN2O2S. The number of aryl methyl sites for hydroxylation is 2. The van der Waals surface area contributed by atoms with E-state index in [0.717, 1.165) is 15.7 Å². The molecule has 0 saturated carbocycles. The molecule has 0 aliphatic carbocycles. The van der Waals surface area contributed by atoms with Crippen LogP contribution < -0.4 is 4.72 Å². The van der Waals surface area contributed by atoms with Crippen LogP contribution in [-0.2, 0) is 23.6 Å². The fraction of sp³-hybridized carbons (Fsp3) is 0.231. The lowest BCUT2D eigenvalue weighted by molar-refractivity contribution is 0.579. The Morgan fingerprint density at radius 1 is 1.32 bits per heavy atom. The number of hydrogen-bond donors (Lipinski definition) is 1. The van der Waals surface area contributed by atoms with Gasteiger partial charge in [-0.15, -0.1) is 0 Å². The first kappa shape index (κ1) is 14.3. The van der Waals surface area contributed by atoms with Crippen molar-refractivity contribution in [3.05, 3.63) is 52.3 Å². The van der Waals surface area contributed by atoms with Crippen LogP contribution in [0.25, 0.3) is 0 Å². The van der Waals surface area contributed by atoms with E-state index in [4.69, 9.17) is 0 Å². The maximum Gasteiger partial charge on any atom is 0.240 e. The summed E-state index contributed by atoms with van der Waals surface area (Å²) in [7, 11) is -1.59. The minimum Gasteiger partial charge on any atom is -0.353 e. The third-order valence-corrected chi connectivity index (χ3v) is 5.22. The standard InChI is InChI=1S/C13H15BrN2O2S/c1-10-8-12(5-6-13(10)14)19(17,18)15-9-11-4-3-7-16(11)2/h3-8,15H,9H2,1-2H3. The molecule has 2 aromatic rings. The molecule has 0 bridgehead atoms. The molecule has 0 spiro atoms. The summed E-state index contributed by atoms with van der Waals surface area (Å²) in [5.74, 6) is 0. The Hall–Kier alpha value is -1.11. The number of benzene rings is 1. The molecule has 0 atom stereocenters. The first-order chi connectivity index (χ1) is 8.90. The van der Waals surface area contributed by atoms with E-state index in [1.165, 1.54) is 0 Å². The van der Waals surface area contributed by atoms with E-state index in [2.05, 4.69) is 20.7 Å². The van der Waals surface area contributed by atoms with Gasteiger partial charge in [-0.05, 0) is 42.8 Å². The van der Waals surface area contributed by atoms with Crippen LogP contribution in [0.3, 0.4) is 0 Å². The Kier molecular flexibility index (Phi) is 4.13. The summed E-state index contributed by atoms with van der Waals surface area (Å²) in [5.41, 5.74) is 1.80. The monoisotopic (exact) mass is 342 g/mol. The molecule has 19 heavy (non-hydrogen) atoms. The van der Waals surface area contributed by atoms with Gasteiger partial charge in [0.15, 0.2) is 0 Å². The Morgan fingerprint density at radius 3 is 2.63 bits per heavy atom. The molecule has 2 rings (SSSR count). The van der Waals surface area contributed by atoms with Gasteiger partial charge in [0.05, 0.1) is 11.4 Å². The SMILES string of the molecule is Cc1cc(S(=O)(=O)NCc2cccn2C)ccc1Br. The van der Waals surface area contributed by atoms with E-state index in [-0.39, 0.29) is 11.4 Å². The maximum atomic E-state index is 12.2. The first-order valence-electron chi connectivity index (χ1n) is 5.76. The molecule has 0 aliphatic heterocycles. The van der Waals surface area contributed by atoms with Gasteiger partial charge in [0.25, 0.3) is 0 Å². The van der Waals surface area contributed by atoms with Crippen LogP contribution in [0.5, 0.6) is 0 Å². The minimum absolute atomic E-state index is 0.279. The Balaban J connectivity index is 2.18. The molecule has 0 aliphatic rings. The van der Waals surface area contributed by atoms with Crippen molar-refractivity contribution in [1.82, 2.24) is 9.29 Å². The van der Waals surface area contributed by atoms with Gasteiger partial charge < -0.3 is 4.57 Å². The Bertz CT molecular complexity index is 692. The summed E-state index contributed by atoms with van der Waals surface area (Å²) in [6.45, 7) is 2.14. The summed E-state index contributed by atoms with van der Waals surface area (Å²) in [6, 6.07) is 8.75. The van der Waals surface area contributed by atoms with Crippen LogP contribution in [0.4, 0.5) is 0 Å². The third kappa shape index (κ3) is 3.26. The average Bonchev–Trinajstić information content (AvgIpc) is 2.76. The molecule has 0 radical (unpaired) electrons. The van der Waals surface area contributed by atoms with Crippen molar-refractivity contribution >= 4 is 26.0 Å². The fourth-order valence-electron chi connectivity index (χ4n) is 1.72. The maximum absolute atomic E-state index is 12.2. The molecule has 0 saturated heterocycles. The normalized spacial score (nSPS) is 11.7. The number of sulfonamides is 1. The zero-order valence-electron chi connectivity index (χ0n) is 10.7. The number of nitrogens with zero attached hydrogens (tertiary/aromatic N) is 1. The van der Waals surface area contributed by atoms with Gasteiger partial charge in [0, 0.05) is 23.4 Å². The smallest absolute Gasteiger partial charge is 0.240 e. The molecule has 1 N–H and O–H groups in total. The van der Waals surface area contributed by atoms with E-state index in [0.29, 0.717) is 0 Å². The Morgan fingerprint density at radius 2 is 2.05 bits per heavy atom. The molecule has 1 aromatic carbocycles. The molecule has 102 valence electrons. The van der Waals surface area contributed by atoms with Crippen molar-refractivity contribution in [2.75, 3.05) is 0 Å². The molecule has 6 heteroatoms. The molecule has 1 heterocycles. The highest BCUT2D eigenvalue weighted by molar-refractivity contribution is 9.10. The second-order valence-electron chi connectivity index (χ2n) is 4.35. The van der Waals surface area contributed by atoms with Gasteiger partial charge in [0.2, 0.25) is 10.0 Å². The lowest BCUT2D eigenvalue weighted by atomic mass is 10.2. The zero-order chi connectivity index (χ0) is 14.0. The molecule has 1 aromatic heterocycles. The van der Waals surface area contributed by atoms with Crippen LogP contribution in [-0.4, -0.2) is 13.0 Å². The quantitative estimate of drug-likeness (QED) is 0.928. The second-order valence-corrected chi connectivity index (χ2v) is 6.97. The summed E-state index contributed by atoms with van der Waals surface area (Å²) < 4.78 is 29.7. The van der Waals surface area contributed by atoms with Crippen molar-refractivity contribution in [2.45, 2.75) is 18.4 Å². The number of nitrogens with one attached hydrogen (secondary N) is 1. The zero-order valence-corrected chi connectivity index (χ0v) is 13.1. The summed E-state index contributed by atoms with van der Waals surface area (Å²) in [6.07, 6.45) is 1.88. The van der Waals surface area contributed by atoms with Crippen molar-refractivity contribution < 1.29 is 8.42 Å². The van der Waals surface area contributed by atoms with Crippen molar-refractivity contribution in [3.8, 4) is 0 Å². The molecule has 0 unspecified atom stereocenters. The molecular weight excluding hydrogens is 328 g/mol. The van der Waals surface area contributed by atoms with Gasteiger partial charge in [-0.3, -0.25) is 0 Å². The molecule has 0 fully saturated rings. The third-order valence-electron chi connectivity index (χ3n) is 2.93. The summed E-state index contributed by atoms with van der Waals surface area (Å²) in [5, 5.41) is 0. The predicted octanol–water partition coefficient (Wildman–Crippen LogP) is 2.57. The van der Waals surface area contributed by atoms with Crippen LogP contribution in [0.15, 0.2) is 45.9 Å². The molecule has 0 amide bonds. The van der Waals surface area contributed by atoms with Crippen LogP contribution in [0, 0.1) is 6.92 Å². The first-order valence-corrected chi connectivity index (χ1v) is 8.04. The highest BCUT2D eigenvalue weighted by atomic mass is 79.9. The van der Waals surface area contributed by atoms with E-state index in [1.807, 2.05) is 36.9 Å². The lowest BCUT2D eigenvalue weighted by Crippen LogP contribution is -2.24. The minimum atomic E-state index is -3.48. The van der Waals surface area contributed by atoms with Gasteiger partial charge in [-0.1, -0.05) is 15.9 Å². The summed E-state index contributed by atoms with van der Waals surface area (Å²) in [4.78, 5) is 0.280. The number of aromatic nitrogens is 1. The summed E-state index contributed by atoms with van der Waals surface area (Å²) >= 11 is 3.36. The van der Waals surface area contributed by atoms with Crippen LogP contribution in [0.2, 0.25) is 0 Å². The van der Waals surface area contributed by atoms with Gasteiger partial charge >= 0.3 is 0 Å². The largest absolute Gasteiger partial charge is 0.353 e. The van der Waals surface area contributed by atoms with Crippen LogP contribution in [0.1, 0.15) is 11.3 Å². The second kappa shape index (κ2) is 5.48. The van der Waals surface area contributed by atoms with Crippen molar-refractivity contribution in [1.29, 1.82) is 0 Å². The number of halogens is 1. The van der Waals surface area contributed by atoms with Gasteiger partial charge in [0.1, 0.15) is 0 Å². The average molecular weight is 343 g/mol. The number of rotatable bonds is 4. The predicted molar refractivity (Wildman–Crippen MR) is 78.3 cm³/mol. The Labute approximate surface area is 121 Å². The number of hydrogen-bond acceptors (Lipinski definition) is 2. The lowest BCUT2D eigenvalue weighted by Gasteiger charge is -2.09. The highest BCUT2D eigenvalue weighted by Gasteiger charge is 2.15. The van der Waals surface area contributed by atoms with Crippen molar-refractivity contribution in [2.24, 2.45) is 7.05 Å². The van der Waals surface area contributed by atoms with E-state index < -0.39 is 10.0 Å². The topological polar surface area (TPSA) is 51.1 Å². The van der Waals surface area contributed by atoms with Gasteiger partial charge in [-0.25, -0.2) is 13.1 Å². The fourth-order valence-corrected chi connectivity index (χ4v) is 3.05. The van der Waals surface area contributed by atoms with Gasteiger partial charge in [-0.2, -0.15) is 0 Å². The van der Waals surface area contributed by atoms with E-state index in [1.54, 1.807) is 18.2 Å². The van der Waals surface area contributed by atoms with Crippen LogP contribution >= 0.6 is 15.9 Å². The molecule has 4 nitrogen and oxygen atoms in total.